The molecule has 33 heavy (non-hydrogen) atoms. The van der Waals surface area contributed by atoms with E-state index in [2.05, 4.69) is 41.1 Å². The fourth-order valence-electron chi connectivity index (χ4n) is 4.35. The van der Waals surface area contributed by atoms with Gasteiger partial charge in [-0.15, -0.1) is 0 Å². The molecule has 0 bridgehead atoms. The summed E-state index contributed by atoms with van der Waals surface area (Å²) in [4.78, 5) is 5.72. The molecule has 2 heterocycles. The zero-order valence-corrected chi connectivity index (χ0v) is 20.2. The molecule has 0 saturated heterocycles. The maximum atomic E-state index is 13.9. The standard InChI is InChI=1S/C16H21FN2.C11H14F2O/c1-11-8-13-12-6-4-5-7-14(12)18-15(13)9-19(11)10-16(2,3)17;1-3-10(4-2)14-11-6-8(12)5-9(13)7-11/h4-7,11,18H,8-10H2,1-3H3;5-7,10H,3-4H2,1-2H3/t11-;/m1./s1. The number of H-pyrrole nitrogens is 1. The van der Waals surface area contributed by atoms with Crippen molar-refractivity contribution in [2.75, 3.05) is 6.54 Å². The number of hydrogen-bond donors (Lipinski definition) is 1. The summed E-state index contributed by atoms with van der Waals surface area (Å²) in [7, 11) is 0. The molecule has 1 aliphatic heterocycles. The van der Waals surface area contributed by atoms with Crippen LogP contribution in [0.15, 0.2) is 42.5 Å². The summed E-state index contributed by atoms with van der Waals surface area (Å²) in [6.45, 7) is 10.8. The van der Waals surface area contributed by atoms with Crippen molar-refractivity contribution in [3.05, 3.63) is 65.4 Å². The molecule has 1 aromatic heterocycles. The normalized spacial score (nSPS) is 16.5. The summed E-state index contributed by atoms with van der Waals surface area (Å²) in [5, 5.41) is 1.32. The van der Waals surface area contributed by atoms with E-state index in [1.165, 1.54) is 34.3 Å². The number of aromatic amines is 1. The third-order valence-electron chi connectivity index (χ3n) is 6.01. The lowest BCUT2D eigenvalue weighted by Gasteiger charge is -2.36. The highest BCUT2D eigenvalue weighted by molar-refractivity contribution is 5.84. The molecule has 0 fully saturated rings. The second-order valence-corrected chi connectivity index (χ2v) is 9.47. The van der Waals surface area contributed by atoms with Crippen molar-refractivity contribution in [3.63, 3.8) is 0 Å². The number of hydrogen-bond acceptors (Lipinski definition) is 2. The van der Waals surface area contributed by atoms with E-state index in [0.29, 0.717) is 12.6 Å². The molecule has 0 radical (unpaired) electrons. The Hall–Kier alpha value is -2.47. The molecule has 4 rings (SSSR count). The predicted octanol–water partition coefficient (Wildman–Crippen LogP) is 7.19. The number of aromatic nitrogens is 1. The number of halogens is 3. The first kappa shape index (κ1) is 25.2. The van der Waals surface area contributed by atoms with E-state index >= 15 is 0 Å². The van der Waals surface area contributed by atoms with Crippen LogP contribution in [0.4, 0.5) is 13.2 Å². The van der Waals surface area contributed by atoms with Crippen LogP contribution in [0.5, 0.6) is 5.75 Å². The summed E-state index contributed by atoms with van der Waals surface area (Å²) in [6, 6.07) is 12.0. The fourth-order valence-corrected chi connectivity index (χ4v) is 4.35. The molecule has 0 spiro atoms. The van der Waals surface area contributed by atoms with E-state index in [1.54, 1.807) is 13.8 Å². The molecule has 3 nitrogen and oxygen atoms in total. The molecule has 1 atom stereocenters. The molecule has 0 unspecified atom stereocenters. The quantitative estimate of drug-likeness (QED) is 0.421. The molecule has 0 amide bonds. The van der Waals surface area contributed by atoms with Crippen LogP contribution in [0.25, 0.3) is 10.9 Å². The van der Waals surface area contributed by atoms with E-state index in [0.717, 1.165) is 31.9 Å². The summed E-state index contributed by atoms with van der Waals surface area (Å²) < 4.78 is 44.8. The van der Waals surface area contributed by atoms with Crippen LogP contribution in [-0.4, -0.2) is 34.2 Å². The van der Waals surface area contributed by atoms with E-state index in [4.69, 9.17) is 4.74 Å². The maximum Gasteiger partial charge on any atom is 0.129 e. The minimum absolute atomic E-state index is 0.0243. The zero-order valence-electron chi connectivity index (χ0n) is 20.2. The number of nitrogens with zero attached hydrogens (tertiary/aromatic N) is 1. The molecule has 1 N–H and O–H groups in total. The first-order chi connectivity index (χ1) is 15.6. The van der Waals surface area contributed by atoms with E-state index < -0.39 is 17.3 Å². The Morgan fingerprint density at radius 3 is 2.33 bits per heavy atom. The smallest absolute Gasteiger partial charge is 0.129 e. The average Bonchev–Trinajstić information content (AvgIpc) is 3.08. The van der Waals surface area contributed by atoms with Crippen molar-refractivity contribution in [1.29, 1.82) is 0 Å². The number of nitrogens with one attached hydrogen (secondary N) is 1. The Morgan fingerprint density at radius 1 is 1.09 bits per heavy atom. The molecule has 6 heteroatoms. The Labute approximate surface area is 194 Å². The van der Waals surface area contributed by atoms with Crippen molar-refractivity contribution in [2.45, 2.75) is 78.2 Å². The fraction of sp³-hybridized carbons (Fsp3) is 0.481. The van der Waals surface area contributed by atoms with E-state index in [9.17, 15) is 13.2 Å². The Kier molecular flexibility index (Phi) is 8.11. The van der Waals surface area contributed by atoms with Crippen LogP contribution in [0.3, 0.4) is 0 Å². The van der Waals surface area contributed by atoms with Gasteiger partial charge in [-0.1, -0.05) is 32.0 Å². The largest absolute Gasteiger partial charge is 0.490 e. The second kappa shape index (κ2) is 10.6. The van der Waals surface area contributed by atoms with Gasteiger partial charge in [-0.3, -0.25) is 4.90 Å². The Bertz CT molecular complexity index is 1030. The number of para-hydroxylation sites is 1. The van der Waals surface area contributed by atoms with E-state index in [-0.39, 0.29) is 11.9 Å². The lowest BCUT2D eigenvalue weighted by molar-refractivity contribution is 0.0853. The van der Waals surface area contributed by atoms with Gasteiger partial charge in [0.15, 0.2) is 0 Å². The van der Waals surface area contributed by atoms with Gasteiger partial charge in [0.05, 0.1) is 6.10 Å². The van der Waals surface area contributed by atoms with Crippen LogP contribution in [0, 0.1) is 11.6 Å². The average molecular weight is 461 g/mol. The summed E-state index contributed by atoms with van der Waals surface area (Å²) >= 11 is 0. The molecular weight excluding hydrogens is 425 g/mol. The van der Waals surface area contributed by atoms with Crippen molar-refractivity contribution in [1.82, 2.24) is 9.88 Å². The highest BCUT2D eigenvalue weighted by Crippen LogP contribution is 2.31. The van der Waals surface area contributed by atoms with Gasteiger partial charge >= 0.3 is 0 Å². The van der Waals surface area contributed by atoms with Crippen molar-refractivity contribution in [2.24, 2.45) is 0 Å². The molecule has 0 aliphatic carbocycles. The van der Waals surface area contributed by atoms with E-state index in [1.807, 2.05) is 13.8 Å². The molecule has 2 aromatic carbocycles. The summed E-state index contributed by atoms with van der Waals surface area (Å²) in [5.74, 6) is -0.951. The lowest BCUT2D eigenvalue weighted by atomic mass is 9.96. The van der Waals surface area contributed by atoms with Gasteiger partial charge in [-0.25, -0.2) is 13.2 Å². The molecule has 1 aliphatic rings. The Balaban J connectivity index is 0.000000196. The van der Waals surface area contributed by atoms with Gasteiger partial charge < -0.3 is 9.72 Å². The SMILES string of the molecule is CCC(CC)Oc1cc(F)cc(F)c1.C[C@@H]1Cc2c([nH]c3ccccc23)CN1CC(C)(C)F. The highest BCUT2D eigenvalue weighted by Gasteiger charge is 2.30. The topological polar surface area (TPSA) is 28.3 Å². The van der Waals surface area contributed by atoms with Crippen LogP contribution in [0.2, 0.25) is 0 Å². The van der Waals surface area contributed by atoms with Crippen molar-refractivity contribution in [3.8, 4) is 5.75 Å². The van der Waals surface area contributed by atoms with Gasteiger partial charge in [0.1, 0.15) is 23.1 Å². The minimum Gasteiger partial charge on any atom is -0.490 e. The predicted molar refractivity (Wildman–Crippen MR) is 128 cm³/mol. The summed E-state index contributed by atoms with van der Waals surface area (Å²) in [5.41, 5.74) is 2.72. The highest BCUT2D eigenvalue weighted by atomic mass is 19.1. The van der Waals surface area contributed by atoms with Gasteiger partial charge in [-0.05, 0) is 51.7 Å². The number of ether oxygens (including phenoxy) is 1. The number of fused-ring (bicyclic) bond motifs is 3. The first-order valence-corrected chi connectivity index (χ1v) is 11.7. The first-order valence-electron chi connectivity index (χ1n) is 11.7. The third-order valence-corrected chi connectivity index (χ3v) is 6.01. The van der Waals surface area contributed by atoms with Crippen LogP contribution >= 0.6 is 0 Å². The third kappa shape index (κ3) is 6.76. The van der Waals surface area contributed by atoms with Crippen molar-refractivity contribution < 1.29 is 17.9 Å². The van der Waals surface area contributed by atoms with Gasteiger partial charge in [0.2, 0.25) is 0 Å². The molecular formula is C27H35F3N2O. The van der Waals surface area contributed by atoms with Crippen LogP contribution in [0.1, 0.15) is 58.7 Å². The molecule has 3 aromatic rings. The summed E-state index contributed by atoms with van der Waals surface area (Å²) in [6.07, 6.45) is 2.68. The minimum atomic E-state index is -1.14. The maximum absolute atomic E-state index is 13.9. The van der Waals surface area contributed by atoms with Crippen LogP contribution in [-0.2, 0) is 13.0 Å². The number of alkyl halides is 1. The molecule has 180 valence electrons. The second-order valence-electron chi connectivity index (χ2n) is 9.47. The van der Waals surface area contributed by atoms with Gasteiger partial charge in [0.25, 0.3) is 0 Å². The van der Waals surface area contributed by atoms with Gasteiger partial charge in [0, 0.05) is 53.9 Å². The van der Waals surface area contributed by atoms with Crippen LogP contribution < -0.4 is 4.74 Å². The zero-order chi connectivity index (χ0) is 24.2. The van der Waals surface area contributed by atoms with Crippen molar-refractivity contribution >= 4 is 10.9 Å². The van der Waals surface area contributed by atoms with Gasteiger partial charge in [-0.2, -0.15) is 0 Å². The number of rotatable bonds is 6. The Morgan fingerprint density at radius 2 is 1.73 bits per heavy atom. The lowest BCUT2D eigenvalue weighted by Crippen LogP contribution is -2.44. The molecule has 0 saturated carbocycles. The monoisotopic (exact) mass is 460 g/mol. The number of benzene rings is 2.